The molecule has 14 heavy (non-hydrogen) atoms. The largest absolute Gasteiger partial charge is 0.323 e. The number of carbonyl (C=O) groups excluding carboxylic acids is 1. The molecule has 1 aromatic heterocycles. The molecule has 0 aliphatic carbocycles. The predicted octanol–water partition coefficient (Wildman–Crippen LogP) is 1.38. The molecule has 0 atom stereocenters. The molecule has 1 amide bonds. The van der Waals surface area contributed by atoms with Gasteiger partial charge in [0.15, 0.2) is 0 Å². The van der Waals surface area contributed by atoms with Crippen LogP contribution in [0.25, 0.3) is 0 Å². The number of aryl methyl sites for hydroxylation is 2. The lowest BCUT2D eigenvalue weighted by Gasteiger charge is -2.01. The maximum absolute atomic E-state index is 11.4. The lowest BCUT2D eigenvalue weighted by Crippen LogP contribution is -2.11. The molecule has 0 saturated carbocycles. The van der Waals surface area contributed by atoms with Crippen LogP contribution in [0.1, 0.15) is 18.5 Å². The topological polar surface area (TPSA) is 46.9 Å². The van der Waals surface area contributed by atoms with Crippen LogP contribution in [0, 0.1) is 6.92 Å². The van der Waals surface area contributed by atoms with Crippen molar-refractivity contribution in [2.75, 3.05) is 11.1 Å². The Balaban J connectivity index is 2.51. The first-order valence-corrected chi connectivity index (χ1v) is 5.17. The maximum Gasteiger partial charge on any atom is 0.224 e. The van der Waals surface area contributed by atoms with E-state index in [0.29, 0.717) is 6.42 Å². The molecule has 1 N–H and O–H groups in total. The number of anilines is 1. The number of nitrogens with zero attached hydrogens (tertiary/aromatic N) is 2. The lowest BCUT2D eigenvalue weighted by molar-refractivity contribution is -0.116. The summed E-state index contributed by atoms with van der Waals surface area (Å²) in [5.41, 5.74) is 1.63. The van der Waals surface area contributed by atoms with Gasteiger partial charge in [-0.3, -0.25) is 9.48 Å². The molecule has 0 unspecified atom stereocenters. The van der Waals surface area contributed by atoms with Gasteiger partial charge in [0, 0.05) is 19.7 Å². The Morgan fingerprint density at radius 3 is 2.93 bits per heavy atom. The Labute approximate surface area is 89.1 Å². The van der Waals surface area contributed by atoms with Crippen LogP contribution >= 0.6 is 12.6 Å². The Kier molecular flexibility index (Phi) is 4.00. The highest BCUT2D eigenvalue weighted by atomic mass is 32.1. The fourth-order valence-electron chi connectivity index (χ4n) is 1.17. The highest BCUT2D eigenvalue weighted by molar-refractivity contribution is 7.80. The third kappa shape index (κ3) is 3.06. The molecule has 0 aliphatic rings. The number of hydrogen-bond acceptors (Lipinski definition) is 3. The molecular weight excluding hydrogens is 198 g/mol. The number of amides is 1. The van der Waals surface area contributed by atoms with Gasteiger partial charge in [-0.1, -0.05) is 0 Å². The average molecular weight is 213 g/mol. The molecule has 1 aromatic rings. The Hall–Kier alpha value is -0.970. The van der Waals surface area contributed by atoms with Gasteiger partial charge >= 0.3 is 0 Å². The van der Waals surface area contributed by atoms with Gasteiger partial charge < -0.3 is 5.32 Å². The summed E-state index contributed by atoms with van der Waals surface area (Å²) in [5.74, 6) is 0.759. The summed E-state index contributed by atoms with van der Waals surface area (Å²) in [4.78, 5) is 11.4. The van der Waals surface area contributed by atoms with Crippen molar-refractivity contribution < 1.29 is 4.79 Å². The van der Waals surface area contributed by atoms with Gasteiger partial charge in [-0.25, -0.2) is 0 Å². The van der Waals surface area contributed by atoms with E-state index in [1.54, 1.807) is 10.9 Å². The molecular formula is C9H15N3OS. The predicted molar refractivity (Wildman–Crippen MR) is 59.7 cm³/mol. The highest BCUT2D eigenvalue weighted by Crippen LogP contribution is 2.11. The summed E-state index contributed by atoms with van der Waals surface area (Å²) in [5, 5.41) is 6.94. The van der Waals surface area contributed by atoms with Crippen molar-refractivity contribution in [3.63, 3.8) is 0 Å². The molecule has 0 spiro atoms. The summed E-state index contributed by atoms with van der Waals surface area (Å²) < 4.78 is 1.68. The van der Waals surface area contributed by atoms with Crippen LogP contribution in [0.15, 0.2) is 6.20 Å². The van der Waals surface area contributed by atoms with Crippen LogP contribution in [0.4, 0.5) is 5.69 Å². The second-order valence-electron chi connectivity index (χ2n) is 3.18. The summed E-state index contributed by atoms with van der Waals surface area (Å²) in [6.45, 7) is 1.87. The number of aromatic nitrogens is 2. The fraction of sp³-hybridized carbons (Fsp3) is 0.556. The normalized spacial score (nSPS) is 10.2. The van der Waals surface area contributed by atoms with Gasteiger partial charge in [-0.05, 0) is 19.1 Å². The van der Waals surface area contributed by atoms with E-state index in [0.717, 1.165) is 23.6 Å². The molecule has 1 heterocycles. The fourth-order valence-corrected chi connectivity index (χ4v) is 1.33. The van der Waals surface area contributed by atoms with Crippen LogP contribution < -0.4 is 5.32 Å². The van der Waals surface area contributed by atoms with E-state index in [2.05, 4.69) is 23.0 Å². The Bertz CT molecular complexity index is 322. The van der Waals surface area contributed by atoms with Crippen molar-refractivity contribution in [1.82, 2.24) is 9.78 Å². The Morgan fingerprint density at radius 2 is 2.43 bits per heavy atom. The minimum atomic E-state index is 0.0233. The minimum absolute atomic E-state index is 0.0233. The molecule has 4 nitrogen and oxygen atoms in total. The van der Waals surface area contributed by atoms with Crippen LogP contribution in [0.3, 0.4) is 0 Å². The smallest absolute Gasteiger partial charge is 0.224 e. The highest BCUT2D eigenvalue weighted by Gasteiger charge is 2.06. The summed E-state index contributed by atoms with van der Waals surface area (Å²) in [6.07, 6.45) is 3.11. The number of hydrogen-bond donors (Lipinski definition) is 2. The molecule has 1 rings (SSSR count). The summed E-state index contributed by atoms with van der Waals surface area (Å²) >= 11 is 4.05. The molecule has 0 radical (unpaired) electrons. The molecule has 0 bridgehead atoms. The molecule has 78 valence electrons. The molecule has 0 fully saturated rings. The zero-order valence-corrected chi connectivity index (χ0v) is 9.34. The van der Waals surface area contributed by atoms with E-state index in [4.69, 9.17) is 0 Å². The second-order valence-corrected chi connectivity index (χ2v) is 3.62. The van der Waals surface area contributed by atoms with Gasteiger partial charge in [0.1, 0.15) is 0 Å². The summed E-state index contributed by atoms with van der Waals surface area (Å²) in [6, 6.07) is 0. The quantitative estimate of drug-likeness (QED) is 0.742. The van der Waals surface area contributed by atoms with E-state index in [9.17, 15) is 4.79 Å². The van der Waals surface area contributed by atoms with Crippen LogP contribution in [0.5, 0.6) is 0 Å². The number of rotatable bonds is 4. The Morgan fingerprint density at radius 1 is 1.71 bits per heavy atom. The molecule has 0 aromatic carbocycles. The zero-order valence-electron chi connectivity index (χ0n) is 8.45. The van der Waals surface area contributed by atoms with Crippen LogP contribution in [0.2, 0.25) is 0 Å². The third-order valence-corrected chi connectivity index (χ3v) is 2.17. The lowest BCUT2D eigenvalue weighted by atomic mass is 10.3. The number of thiol groups is 1. The van der Waals surface area contributed by atoms with E-state index in [1.165, 1.54) is 0 Å². The van der Waals surface area contributed by atoms with Crippen molar-refractivity contribution in [3.8, 4) is 0 Å². The van der Waals surface area contributed by atoms with E-state index < -0.39 is 0 Å². The van der Waals surface area contributed by atoms with Crippen molar-refractivity contribution in [2.45, 2.75) is 19.8 Å². The van der Waals surface area contributed by atoms with E-state index >= 15 is 0 Å². The maximum atomic E-state index is 11.4. The van der Waals surface area contributed by atoms with Crippen molar-refractivity contribution in [3.05, 3.63) is 11.9 Å². The van der Waals surface area contributed by atoms with E-state index in [1.807, 2.05) is 14.0 Å². The van der Waals surface area contributed by atoms with Gasteiger partial charge in [0.25, 0.3) is 0 Å². The van der Waals surface area contributed by atoms with Gasteiger partial charge in [-0.15, -0.1) is 0 Å². The number of nitrogens with one attached hydrogen (secondary N) is 1. The van der Waals surface area contributed by atoms with Gasteiger partial charge in [0.05, 0.1) is 11.4 Å². The van der Waals surface area contributed by atoms with Crippen molar-refractivity contribution in [2.24, 2.45) is 7.05 Å². The van der Waals surface area contributed by atoms with Gasteiger partial charge in [0.2, 0.25) is 5.91 Å². The first-order chi connectivity index (χ1) is 6.63. The third-order valence-electron chi connectivity index (χ3n) is 1.85. The van der Waals surface area contributed by atoms with Gasteiger partial charge in [-0.2, -0.15) is 17.7 Å². The SMILES string of the molecule is Cc1nn(C)cc1NC(=O)CCCS. The standard InChI is InChI=1S/C9H15N3OS/c1-7-8(6-12(2)11-7)10-9(13)4-3-5-14/h6,14H,3-5H2,1-2H3,(H,10,13). The van der Waals surface area contributed by atoms with Crippen LogP contribution in [-0.2, 0) is 11.8 Å². The number of carbonyl (C=O) groups is 1. The first kappa shape index (κ1) is 11.1. The monoisotopic (exact) mass is 213 g/mol. The summed E-state index contributed by atoms with van der Waals surface area (Å²) in [7, 11) is 1.83. The van der Waals surface area contributed by atoms with Crippen LogP contribution in [-0.4, -0.2) is 21.4 Å². The van der Waals surface area contributed by atoms with E-state index in [-0.39, 0.29) is 5.91 Å². The minimum Gasteiger partial charge on any atom is -0.323 e. The molecule has 5 heteroatoms. The molecule has 0 aliphatic heterocycles. The first-order valence-electron chi connectivity index (χ1n) is 4.54. The zero-order chi connectivity index (χ0) is 10.6. The van der Waals surface area contributed by atoms with Crippen molar-refractivity contribution >= 4 is 24.2 Å². The second kappa shape index (κ2) is 5.05. The average Bonchev–Trinajstić information content (AvgIpc) is 2.42. The van der Waals surface area contributed by atoms with Crippen molar-refractivity contribution in [1.29, 1.82) is 0 Å². The molecule has 0 saturated heterocycles.